The van der Waals surface area contributed by atoms with Gasteiger partial charge in [-0.1, -0.05) is 43.5 Å². The minimum absolute atomic E-state index is 0.458. The Morgan fingerprint density at radius 2 is 1.76 bits per heavy atom. The summed E-state index contributed by atoms with van der Waals surface area (Å²) in [4.78, 5) is 4.29. The van der Waals surface area contributed by atoms with Gasteiger partial charge >= 0.3 is 0 Å². The van der Waals surface area contributed by atoms with Crippen LogP contribution in [0.3, 0.4) is 0 Å². The van der Waals surface area contributed by atoms with E-state index in [-0.39, 0.29) is 0 Å². The van der Waals surface area contributed by atoms with Crippen molar-refractivity contribution in [1.29, 1.82) is 0 Å². The lowest BCUT2D eigenvalue weighted by molar-refractivity contribution is 0.490. The molecule has 3 nitrogen and oxygen atoms in total. The molecule has 21 heavy (non-hydrogen) atoms. The summed E-state index contributed by atoms with van der Waals surface area (Å²) in [5.41, 5.74) is 7.27. The van der Waals surface area contributed by atoms with Crippen molar-refractivity contribution in [2.45, 2.75) is 0 Å². The molecule has 0 aliphatic rings. The van der Waals surface area contributed by atoms with E-state index >= 15 is 0 Å². The minimum atomic E-state index is 0.458. The van der Waals surface area contributed by atoms with Gasteiger partial charge in [-0.05, 0) is 36.4 Å². The maximum atomic E-state index is 6.19. The Morgan fingerprint density at radius 1 is 1.05 bits per heavy atom. The fourth-order valence-corrected chi connectivity index (χ4v) is 3.01. The molecule has 0 aliphatic heterocycles. The second-order valence-electron chi connectivity index (χ2n) is 4.38. The third-order valence-corrected chi connectivity index (χ3v) is 4.20. The van der Waals surface area contributed by atoms with E-state index in [2.05, 4.69) is 36.8 Å². The molecular formula is C15H9Br2ClN2O. The third-order valence-electron chi connectivity index (χ3n) is 2.91. The van der Waals surface area contributed by atoms with Crippen LogP contribution in [0.1, 0.15) is 0 Å². The molecule has 0 fully saturated rings. The number of halogens is 3. The van der Waals surface area contributed by atoms with Crippen LogP contribution in [-0.4, -0.2) is 4.98 Å². The van der Waals surface area contributed by atoms with Crippen molar-refractivity contribution in [2.75, 3.05) is 5.73 Å². The molecule has 0 atom stereocenters. The molecule has 6 heteroatoms. The number of pyridine rings is 1. The predicted molar refractivity (Wildman–Crippen MR) is 93.1 cm³/mol. The molecule has 1 aromatic heterocycles. The molecule has 0 bridgehead atoms. The van der Waals surface area contributed by atoms with Crippen LogP contribution in [0.5, 0.6) is 11.5 Å². The largest absolute Gasteiger partial charge is 0.453 e. The quantitative estimate of drug-likeness (QED) is 0.562. The van der Waals surface area contributed by atoms with E-state index < -0.39 is 0 Å². The Kier molecular flexibility index (Phi) is 4.06. The van der Waals surface area contributed by atoms with Gasteiger partial charge in [0.25, 0.3) is 0 Å². The highest BCUT2D eigenvalue weighted by Crippen LogP contribution is 2.38. The van der Waals surface area contributed by atoms with Crippen LogP contribution in [0.25, 0.3) is 10.9 Å². The summed E-state index contributed by atoms with van der Waals surface area (Å²) in [6, 6.07) is 11.1. The van der Waals surface area contributed by atoms with E-state index in [1.54, 1.807) is 18.3 Å². The Hall–Kier alpha value is -1.30. The normalized spacial score (nSPS) is 10.8. The van der Waals surface area contributed by atoms with Gasteiger partial charge in [-0.25, -0.2) is 0 Å². The van der Waals surface area contributed by atoms with Gasteiger partial charge in [0, 0.05) is 14.3 Å². The lowest BCUT2D eigenvalue weighted by Crippen LogP contribution is -1.95. The first-order valence-electron chi connectivity index (χ1n) is 6.01. The molecule has 2 N–H and O–H groups in total. The van der Waals surface area contributed by atoms with Crippen molar-refractivity contribution in [3.8, 4) is 11.5 Å². The first kappa shape index (κ1) is 14.6. The van der Waals surface area contributed by atoms with Gasteiger partial charge in [-0.15, -0.1) is 0 Å². The fraction of sp³-hybridized carbons (Fsp3) is 0. The van der Waals surface area contributed by atoms with Gasteiger partial charge in [0.1, 0.15) is 5.75 Å². The van der Waals surface area contributed by atoms with E-state index in [4.69, 9.17) is 22.1 Å². The van der Waals surface area contributed by atoms with E-state index in [1.807, 2.05) is 24.3 Å². The Labute approximate surface area is 143 Å². The van der Waals surface area contributed by atoms with Gasteiger partial charge in [0.05, 0.1) is 22.4 Å². The molecule has 1 heterocycles. The lowest BCUT2D eigenvalue weighted by atomic mass is 10.2. The highest BCUT2D eigenvalue weighted by Gasteiger charge is 2.12. The van der Waals surface area contributed by atoms with Gasteiger partial charge < -0.3 is 10.5 Å². The number of anilines is 1. The number of benzene rings is 2. The van der Waals surface area contributed by atoms with Crippen LogP contribution in [0, 0.1) is 0 Å². The minimum Gasteiger partial charge on any atom is -0.453 e. The number of aromatic nitrogens is 1. The van der Waals surface area contributed by atoms with Crippen molar-refractivity contribution in [3.05, 3.63) is 56.6 Å². The number of nitrogen functional groups attached to an aromatic ring is 1. The van der Waals surface area contributed by atoms with E-state index in [0.717, 1.165) is 19.8 Å². The zero-order chi connectivity index (χ0) is 15.0. The van der Waals surface area contributed by atoms with Crippen LogP contribution in [0.15, 0.2) is 51.5 Å². The number of nitrogens with two attached hydrogens (primary N) is 1. The molecule has 0 spiro atoms. The summed E-state index contributed by atoms with van der Waals surface area (Å²) >= 11 is 13.0. The molecule has 0 amide bonds. The van der Waals surface area contributed by atoms with Gasteiger partial charge in [0.2, 0.25) is 0 Å². The molecule has 0 radical (unpaired) electrons. The number of hydrogen-bond donors (Lipinski definition) is 1. The number of hydrogen-bond acceptors (Lipinski definition) is 3. The van der Waals surface area contributed by atoms with Crippen molar-refractivity contribution < 1.29 is 4.74 Å². The topological polar surface area (TPSA) is 48.1 Å². The molecule has 0 unspecified atom stereocenters. The maximum absolute atomic E-state index is 6.19. The van der Waals surface area contributed by atoms with Crippen molar-refractivity contribution in [1.82, 2.24) is 4.98 Å². The first-order valence-corrected chi connectivity index (χ1v) is 7.97. The second-order valence-corrected chi connectivity index (χ2v) is 6.62. The zero-order valence-electron chi connectivity index (χ0n) is 10.6. The Morgan fingerprint density at radius 3 is 2.52 bits per heavy atom. The van der Waals surface area contributed by atoms with Crippen molar-refractivity contribution in [3.63, 3.8) is 0 Å². The van der Waals surface area contributed by atoms with Crippen molar-refractivity contribution >= 4 is 60.1 Å². The van der Waals surface area contributed by atoms with Crippen molar-refractivity contribution in [2.24, 2.45) is 0 Å². The summed E-state index contributed by atoms with van der Waals surface area (Å²) in [5.74, 6) is 1.09. The summed E-state index contributed by atoms with van der Waals surface area (Å²) in [6.07, 6.45) is 1.58. The summed E-state index contributed by atoms with van der Waals surface area (Å²) < 4.78 is 7.73. The summed E-state index contributed by atoms with van der Waals surface area (Å²) in [5, 5.41) is 1.33. The van der Waals surface area contributed by atoms with Gasteiger partial charge in [-0.3, -0.25) is 4.98 Å². The molecule has 0 saturated carbocycles. The summed E-state index contributed by atoms with van der Waals surface area (Å²) in [7, 11) is 0. The van der Waals surface area contributed by atoms with Crippen LogP contribution in [0.2, 0.25) is 5.02 Å². The second kappa shape index (κ2) is 5.83. The smallest absolute Gasteiger partial charge is 0.161 e. The maximum Gasteiger partial charge on any atom is 0.161 e. The van der Waals surface area contributed by atoms with Gasteiger partial charge in [-0.2, -0.15) is 0 Å². The first-order chi connectivity index (χ1) is 10.0. The predicted octanol–water partition coefficient (Wildman–Crippen LogP) is 5.79. The van der Waals surface area contributed by atoms with Gasteiger partial charge in [0.15, 0.2) is 5.75 Å². The van der Waals surface area contributed by atoms with E-state index in [0.29, 0.717) is 22.2 Å². The molecule has 106 valence electrons. The van der Waals surface area contributed by atoms with E-state index in [1.165, 1.54) is 0 Å². The lowest BCUT2D eigenvalue weighted by Gasteiger charge is -2.12. The number of nitrogens with zero attached hydrogens (tertiary/aromatic N) is 1. The average Bonchev–Trinajstić information content (AvgIpc) is 2.44. The van der Waals surface area contributed by atoms with Crippen LogP contribution in [0.4, 0.5) is 5.69 Å². The molecule has 3 rings (SSSR count). The summed E-state index contributed by atoms with van der Waals surface area (Å²) in [6.45, 7) is 0. The molecule has 3 aromatic rings. The molecule has 0 aliphatic carbocycles. The highest BCUT2D eigenvalue weighted by atomic mass is 79.9. The third kappa shape index (κ3) is 3.00. The number of ether oxygens (including phenoxy) is 1. The SMILES string of the molecule is Nc1cnc2ccc(Br)cc2c1Oc1ccc(Br)cc1Cl. The average molecular weight is 429 g/mol. The Balaban J connectivity index is 2.15. The zero-order valence-corrected chi connectivity index (χ0v) is 14.5. The highest BCUT2D eigenvalue weighted by molar-refractivity contribution is 9.10. The molecule has 2 aromatic carbocycles. The van der Waals surface area contributed by atoms with Crippen LogP contribution >= 0.6 is 43.5 Å². The molecule has 0 saturated heterocycles. The fourth-order valence-electron chi connectivity index (χ4n) is 1.94. The monoisotopic (exact) mass is 426 g/mol. The molecular weight excluding hydrogens is 419 g/mol. The number of rotatable bonds is 2. The van der Waals surface area contributed by atoms with Crippen LogP contribution in [-0.2, 0) is 0 Å². The standard InChI is InChI=1S/C15H9Br2ClN2O/c16-8-1-3-13-10(5-8)15(12(19)7-20-13)21-14-4-2-9(17)6-11(14)18/h1-7H,19H2. The number of fused-ring (bicyclic) bond motifs is 1. The Bertz CT molecular complexity index is 834. The van der Waals surface area contributed by atoms with E-state index in [9.17, 15) is 0 Å². The van der Waals surface area contributed by atoms with Crippen LogP contribution < -0.4 is 10.5 Å².